The number of rotatable bonds is 3. The third-order valence-corrected chi connectivity index (χ3v) is 2.74. The maximum atomic E-state index is 11.8. The Balaban J connectivity index is 2.64. The molecule has 1 rings (SSSR count). The molecule has 1 aliphatic rings. The van der Waals surface area contributed by atoms with Crippen LogP contribution in [0.25, 0.3) is 0 Å². The minimum atomic E-state index is -0.476. The van der Waals surface area contributed by atoms with Crippen LogP contribution in [0.4, 0.5) is 0 Å². The normalized spacial score (nSPS) is 24.0. The van der Waals surface area contributed by atoms with E-state index in [-0.39, 0.29) is 17.9 Å². The van der Waals surface area contributed by atoms with Crippen LogP contribution in [-0.4, -0.2) is 35.7 Å². The van der Waals surface area contributed by atoms with Crippen molar-refractivity contribution in [1.82, 2.24) is 4.90 Å². The van der Waals surface area contributed by atoms with E-state index in [1.807, 2.05) is 13.8 Å². The highest BCUT2D eigenvalue weighted by molar-refractivity contribution is 5.85. The van der Waals surface area contributed by atoms with Gasteiger partial charge in [-0.2, -0.15) is 0 Å². The molecule has 0 bridgehead atoms. The first-order valence-electron chi connectivity index (χ1n) is 5.09. The third-order valence-electron chi connectivity index (χ3n) is 2.74. The molecule has 1 amide bonds. The van der Waals surface area contributed by atoms with Crippen LogP contribution in [0.1, 0.15) is 26.7 Å². The van der Waals surface area contributed by atoms with E-state index >= 15 is 0 Å². The second-order valence-corrected chi connectivity index (χ2v) is 4.15. The fourth-order valence-corrected chi connectivity index (χ4v) is 1.68. The first-order chi connectivity index (χ1) is 6.57. The summed E-state index contributed by atoms with van der Waals surface area (Å²) in [4.78, 5) is 24.1. The second-order valence-electron chi connectivity index (χ2n) is 4.15. The molecule has 2 N–H and O–H groups in total. The summed E-state index contributed by atoms with van der Waals surface area (Å²) in [6.45, 7) is 4.49. The minimum Gasteiger partial charge on any atom is -0.332 e. The number of nitrogens with two attached hydrogens (primary N) is 1. The van der Waals surface area contributed by atoms with Crippen molar-refractivity contribution >= 4 is 12.2 Å². The smallest absolute Gasteiger partial charge is 0.240 e. The third kappa shape index (κ3) is 2.12. The predicted molar refractivity (Wildman–Crippen MR) is 53.6 cm³/mol. The number of carbonyl (C=O) groups is 2. The molecular formula is C10H18N2O2. The zero-order valence-electron chi connectivity index (χ0n) is 8.77. The van der Waals surface area contributed by atoms with Crippen molar-refractivity contribution in [2.45, 2.75) is 38.8 Å². The largest absolute Gasteiger partial charge is 0.332 e. The Bertz CT molecular complexity index is 228. The number of carbonyl (C=O) groups excluding carboxylic acids is 2. The molecule has 0 spiro atoms. The maximum absolute atomic E-state index is 11.8. The van der Waals surface area contributed by atoms with E-state index in [4.69, 9.17) is 5.73 Å². The monoisotopic (exact) mass is 198 g/mol. The Labute approximate surface area is 84.4 Å². The van der Waals surface area contributed by atoms with Crippen molar-refractivity contribution in [2.75, 3.05) is 6.54 Å². The van der Waals surface area contributed by atoms with E-state index in [1.165, 1.54) is 0 Å². The fraction of sp³-hybridized carbons (Fsp3) is 0.800. The topological polar surface area (TPSA) is 63.4 Å². The highest BCUT2D eigenvalue weighted by atomic mass is 16.2. The van der Waals surface area contributed by atoms with E-state index in [9.17, 15) is 9.59 Å². The number of nitrogens with zero attached hydrogens (tertiary/aromatic N) is 1. The quantitative estimate of drug-likeness (QED) is 0.657. The van der Waals surface area contributed by atoms with E-state index in [2.05, 4.69) is 0 Å². The van der Waals surface area contributed by atoms with Gasteiger partial charge in [0.15, 0.2) is 0 Å². The Hall–Kier alpha value is -0.900. The zero-order chi connectivity index (χ0) is 10.7. The van der Waals surface area contributed by atoms with Gasteiger partial charge in [0.25, 0.3) is 0 Å². The number of hydrogen-bond acceptors (Lipinski definition) is 3. The van der Waals surface area contributed by atoms with Crippen LogP contribution < -0.4 is 5.73 Å². The van der Waals surface area contributed by atoms with Crippen molar-refractivity contribution in [3.63, 3.8) is 0 Å². The first kappa shape index (κ1) is 11.2. The molecule has 1 saturated heterocycles. The molecule has 4 nitrogen and oxygen atoms in total. The second kappa shape index (κ2) is 4.55. The molecule has 80 valence electrons. The molecule has 2 atom stereocenters. The molecule has 4 heteroatoms. The summed E-state index contributed by atoms with van der Waals surface area (Å²) in [6.07, 6.45) is 2.53. The average molecular weight is 198 g/mol. The van der Waals surface area contributed by atoms with Gasteiger partial charge in [-0.3, -0.25) is 4.79 Å². The SMILES string of the molecule is CC(C)[C@H](N)C(=O)N1CCC[C@H]1C=O. The van der Waals surface area contributed by atoms with Gasteiger partial charge in [-0.25, -0.2) is 0 Å². The van der Waals surface area contributed by atoms with Crippen molar-refractivity contribution in [2.24, 2.45) is 11.7 Å². The summed E-state index contributed by atoms with van der Waals surface area (Å²) in [7, 11) is 0. The molecule has 0 aromatic carbocycles. The lowest BCUT2D eigenvalue weighted by atomic mass is 10.0. The Morgan fingerprint density at radius 3 is 2.71 bits per heavy atom. The van der Waals surface area contributed by atoms with Crippen molar-refractivity contribution in [3.05, 3.63) is 0 Å². The highest BCUT2D eigenvalue weighted by Gasteiger charge is 2.32. The fourth-order valence-electron chi connectivity index (χ4n) is 1.68. The van der Waals surface area contributed by atoms with Crippen LogP contribution in [0.2, 0.25) is 0 Å². The summed E-state index contributed by atoms with van der Waals surface area (Å²) in [5.41, 5.74) is 5.75. The van der Waals surface area contributed by atoms with E-state index in [0.717, 1.165) is 19.1 Å². The van der Waals surface area contributed by atoms with Crippen LogP contribution in [-0.2, 0) is 9.59 Å². The Morgan fingerprint density at radius 2 is 2.21 bits per heavy atom. The van der Waals surface area contributed by atoms with Gasteiger partial charge in [0.2, 0.25) is 5.91 Å². The van der Waals surface area contributed by atoms with Gasteiger partial charge in [-0.05, 0) is 18.8 Å². The Morgan fingerprint density at radius 1 is 1.57 bits per heavy atom. The molecule has 0 radical (unpaired) electrons. The van der Waals surface area contributed by atoms with E-state index < -0.39 is 6.04 Å². The minimum absolute atomic E-state index is 0.0883. The molecule has 0 aromatic rings. The van der Waals surface area contributed by atoms with E-state index in [0.29, 0.717) is 6.54 Å². The molecular weight excluding hydrogens is 180 g/mol. The molecule has 14 heavy (non-hydrogen) atoms. The molecule has 0 aliphatic carbocycles. The molecule has 0 saturated carbocycles. The maximum Gasteiger partial charge on any atom is 0.240 e. The number of aldehydes is 1. The molecule has 0 unspecified atom stereocenters. The Kier molecular flexibility index (Phi) is 3.63. The summed E-state index contributed by atoms with van der Waals surface area (Å²) >= 11 is 0. The van der Waals surface area contributed by atoms with E-state index in [1.54, 1.807) is 4.90 Å². The van der Waals surface area contributed by atoms with Gasteiger partial charge in [0, 0.05) is 6.54 Å². The van der Waals surface area contributed by atoms with Crippen LogP contribution in [0.3, 0.4) is 0 Å². The lowest BCUT2D eigenvalue weighted by Crippen LogP contribution is -2.48. The molecule has 1 heterocycles. The van der Waals surface area contributed by atoms with Crippen LogP contribution in [0.15, 0.2) is 0 Å². The molecule has 1 aliphatic heterocycles. The summed E-state index contributed by atoms with van der Waals surface area (Å²) in [5.74, 6) is 0.0324. The van der Waals surface area contributed by atoms with Crippen molar-refractivity contribution < 1.29 is 9.59 Å². The summed E-state index contributed by atoms with van der Waals surface area (Å²) in [5, 5.41) is 0. The average Bonchev–Trinajstić information content (AvgIpc) is 2.62. The summed E-state index contributed by atoms with van der Waals surface area (Å²) in [6, 6.07) is -0.720. The lowest BCUT2D eigenvalue weighted by molar-refractivity contribution is -0.136. The molecule has 0 aromatic heterocycles. The predicted octanol–water partition coefficient (Wildman–Crippen LogP) is 0.160. The van der Waals surface area contributed by atoms with Gasteiger partial charge in [0.1, 0.15) is 6.29 Å². The number of hydrogen-bond donors (Lipinski definition) is 1. The van der Waals surface area contributed by atoms with Crippen LogP contribution in [0.5, 0.6) is 0 Å². The highest BCUT2D eigenvalue weighted by Crippen LogP contribution is 2.17. The van der Waals surface area contributed by atoms with Crippen LogP contribution >= 0.6 is 0 Å². The van der Waals surface area contributed by atoms with Gasteiger partial charge < -0.3 is 15.4 Å². The van der Waals surface area contributed by atoms with Crippen molar-refractivity contribution in [1.29, 1.82) is 0 Å². The van der Waals surface area contributed by atoms with Crippen LogP contribution in [0, 0.1) is 5.92 Å². The first-order valence-corrected chi connectivity index (χ1v) is 5.09. The standard InChI is InChI=1S/C10H18N2O2/c1-7(2)9(11)10(14)12-5-3-4-8(12)6-13/h6-9H,3-5,11H2,1-2H3/t8-,9-/m0/s1. The lowest BCUT2D eigenvalue weighted by Gasteiger charge is -2.25. The molecule has 1 fully saturated rings. The number of likely N-dealkylation sites (tertiary alicyclic amines) is 1. The number of amides is 1. The van der Waals surface area contributed by atoms with Gasteiger partial charge in [-0.15, -0.1) is 0 Å². The van der Waals surface area contributed by atoms with Gasteiger partial charge in [0.05, 0.1) is 12.1 Å². The van der Waals surface area contributed by atoms with Gasteiger partial charge >= 0.3 is 0 Å². The summed E-state index contributed by atoms with van der Waals surface area (Å²) < 4.78 is 0. The van der Waals surface area contributed by atoms with Gasteiger partial charge in [-0.1, -0.05) is 13.8 Å². The zero-order valence-corrected chi connectivity index (χ0v) is 8.77. The van der Waals surface area contributed by atoms with Crippen molar-refractivity contribution in [3.8, 4) is 0 Å².